The second-order valence-electron chi connectivity index (χ2n) is 9.34. The fourth-order valence-electron chi connectivity index (χ4n) is 5.69. The van der Waals surface area contributed by atoms with E-state index < -0.39 is 40.8 Å². The molecule has 0 aliphatic carbocycles. The number of methoxy groups -OCH3 is 1. The highest BCUT2D eigenvalue weighted by molar-refractivity contribution is 6.30. The molecule has 3 amide bonds. The van der Waals surface area contributed by atoms with Gasteiger partial charge >= 0.3 is 11.7 Å². The lowest BCUT2D eigenvalue weighted by atomic mass is 9.75. The normalized spacial score (nSPS) is 22.1. The molecule has 198 valence electrons. The van der Waals surface area contributed by atoms with E-state index in [1.807, 2.05) is 18.2 Å². The number of benzene rings is 3. The van der Waals surface area contributed by atoms with Crippen molar-refractivity contribution in [2.24, 2.45) is 5.92 Å². The van der Waals surface area contributed by atoms with Gasteiger partial charge < -0.3 is 9.64 Å². The van der Waals surface area contributed by atoms with Gasteiger partial charge in [0, 0.05) is 29.1 Å². The summed E-state index contributed by atoms with van der Waals surface area (Å²) in [5.41, 5.74) is 1.09. The molecule has 10 heteroatoms. The third-order valence-electron chi connectivity index (χ3n) is 7.31. The van der Waals surface area contributed by atoms with E-state index in [0.717, 1.165) is 4.90 Å². The number of hydrogen-bond donors (Lipinski definition) is 0. The van der Waals surface area contributed by atoms with E-state index in [2.05, 4.69) is 6.58 Å². The minimum absolute atomic E-state index is 0.00253. The average Bonchev–Trinajstić information content (AvgIpc) is 3.42. The van der Waals surface area contributed by atoms with Crippen LogP contribution in [0.3, 0.4) is 0 Å². The van der Waals surface area contributed by atoms with Gasteiger partial charge in [0.05, 0.1) is 24.0 Å². The Morgan fingerprint density at radius 1 is 1.05 bits per heavy atom. The number of carbonyl (C=O) groups is 3. The molecule has 0 saturated carbocycles. The number of nitro benzene ring substituents is 1. The number of amides is 3. The van der Waals surface area contributed by atoms with Gasteiger partial charge in [0.2, 0.25) is 0 Å². The molecule has 0 bridgehead atoms. The largest absolute Gasteiger partial charge is 0.490 e. The van der Waals surface area contributed by atoms with Gasteiger partial charge in [-0.1, -0.05) is 54.1 Å². The molecular formula is C29H24ClN3O6. The Morgan fingerprint density at radius 3 is 2.36 bits per heavy atom. The number of Topliss-reactive ketones (excluding diaryl/α,β-unsaturated/α-hetero) is 1. The smallest absolute Gasteiger partial charge is 0.328 e. The van der Waals surface area contributed by atoms with E-state index in [9.17, 15) is 24.5 Å². The number of ketones is 1. The van der Waals surface area contributed by atoms with Crippen LogP contribution in [-0.4, -0.2) is 52.1 Å². The van der Waals surface area contributed by atoms with Crippen molar-refractivity contribution in [1.82, 2.24) is 9.80 Å². The Labute approximate surface area is 229 Å². The van der Waals surface area contributed by atoms with Gasteiger partial charge in [0.15, 0.2) is 11.5 Å². The number of hydrogen-bond acceptors (Lipinski definition) is 6. The van der Waals surface area contributed by atoms with Crippen LogP contribution < -0.4 is 4.74 Å². The molecule has 2 saturated heterocycles. The lowest BCUT2D eigenvalue weighted by Gasteiger charge is -2.28. The van der Waals surface area contributed by atoms with Crippen LogP contribution >= 0.6 is 11.6 Å². The SMILES string of the molecule is C=CCN1C(=O)C2C(c3ccccc3)C(C(=O)c3ccc(Cl)cc3)C(c3ccc(OC)c([N+](=O)[O-])c3)N2C1=O. The summed E-state index contributed by atoms with van der Waals surface area (Å²) in [5.74, 6) is -2.37. The molecule has 2 aliphatic heterocycles. The molecule has 4 atom stereocenters. The molecule has 0 aromatic heterocycles. The fourth-order valence-corrected chi connectivity index (χ4v) is 5.82. The van der Waals surface area contributed by atoms with E-state index in [4.69, 9.17) is 16.3 Å². The van der Waals surface area contributed by atoms with Crippen molar-refractivity contribution < 1.29 is 24.0 Å². The van der Waals surface area contributed by atoms with Gasteiger partial charge in [-0.2, -0.15) is 0 Å². The second-order valence-corrected chi connectivity index (χ2v) is 9.78. The van der Waals surface area contributed by atoms with Gasteiger partial charge in [-0.05, 0) is 41.5 Å². The zero-order chi connectivity index (χ0) is 27.8. The summed E-state index contributed by atoms with van der Waals surface area (Å²) >= 11 is 6.06. The van der Waals surface area contributed by atoms with Gasteiger partial charge in [-0.3, -0.25) is 24.6 Å². The van der Waals surface area contributed by atoms with Crippen molar-refractivity contribution in [3.05, 3.63) is 117 Å². The van der Waals surface area contributed by atoms with E-state index in [1.165, 1.54) is 30.2 Å². The summed E-state index contributed by atoms with van der Waals surface area (Å²) < 4.78 is 5.17. The Bertz CT molecular complexity index is 1480. The zero-order valence-corrected chi connectivity index (χ0v) is 21.7. The minimum atomic E-state index is -0.993. The summed E-state index contributed by atoms with van der Waals surface area (Å²) in [7, 11) is 1.32. The first-order chi connectivity index (χ1) is 18.8. The van der Waals surface area contributed by atoms with Crippen LogP contribution in [0, 0.1) is 16.0 Å². The predicted molar refractivity (Wildman–Crippen MR) is 144 cm³/mol. The van der Waals surface area contributed by atoms with E-state index in [0.29, 0.717) is 21.7 Å². The maximum absolute atomic E-state index is 14.2. The quantitative estimate of drug-likeness (QED) is 0.123. The minimum Gasteiger partial charge on any atom is -0.490 e. The van der Waals surface area contributed by atoms with Gasteiger partial charge in [0.25, 0.3) is 5.91 Å². The summed E-state index contributed by atoms with van der Waals surface area (Å²) in [6, 6.07) is 17.2. The number of urea groups is 1. The standard InChI is InChI=1S/C29H24ClN3O6/c1-3-15-31-28(35)26-23(17-7-5-4-6-8-17)24(27(34)18-9-12-20(30)13-10-18)25(32(26)29(31)36)19-11-14-22(39-2)21(16-19)33(37)38/h3-14,16,23-26H,1,15H2,2H3. The number of nitro groups is 1. The molecule has 2 fully saturated rings. The number of imide groups is 1. The number of carbonyl (C=O) groups excluding carboxylic acids is 3. The monoisotopic (exact) mass is 545 g/mol. The predicted octanol–water partition coefficient (Wildman–Crippen LogP) is 5.41. The zero-order valence-electron chi connectivity index (χ0n) is 20.9. The third kappa shape index (κ3) is 4.34. The summed E-state index contributed by atoms with van der Waals surface area (Å²) in [5, 5.41) is 12.3. The summed E-state index contributed by atoms with van der Waals surface area (Å²) in [6.07, 6.45) is 1.46. The Balaban J connectivity index is 1.76. The van der Waals surface area contributed by atoms with Crippen molar-refractivity contribution in [3.63, 3.8) is 0 Å². The van der Waals surface area contributed by atoms with Gasteiger partial charge in [-0.25, -0.2) is 4.79 Å². The number of nitrogens with zero attached hydrogens (tertiary/aromatic N) is 3. The number of ether oxygens (including phenoxy) is 1. The summed E-state index contributed by atoms with van der Waals surface area (Å²) in [4.78, 5) is 55.5. The van der Waals surface area contributed by atoms with E-state index in [1.54, 1.807) is 42.5 Å². The molecule has 0 radical (unpaired) electrons. The molecule has 4 unspecified atom stereocenters. The molecule has 39 heavy (non-hydrogen) atoms. The highest BCUT2D eigenvalue weighted by Crippen LogP contribution is 2.54. The molecule has 9 nitrogen and oxygen atoms in total. The lowest BCUT2D eigenvalue weighted by molar-refractivity contribution is -0.385. The van der Waals surface area contributed by atoms with Crippen molar-refractivity contribution in [1.29, 1.82) is 0 Å². The maximum Gasteiger partial charge on any atom is 0.328 e. The van der Waals surface area contributed by atoms with Gasteiger partial charge in [-0.15, -0.1) is 6.58 Å². The van der Waals surface area contributed by atoms with Crippen LogP contribution in [-0.2, 0) is 4.79 Å². The van der Waals surface area contributed by atoms with Gasteiger partial charge in [0.1, 0.15) is 6.04 Å². The Morgan fingerprint density at radius 2 is 1.74 bits per heavy atom. The molecule has 2 aliphatic rings. The number of rotatable bonds is 8. The first-order valence-electron chi connectivity index (χ1n) is 12.2. The van der Waals surface area contributed by atoms with Crippen LogP contribution in [0.4, 0.5) is 10.5 Å². The van der Waals surface area contributed by atoms with Crippen LogP contribution in [0.5, 0.6) is 5.75 Å². The van der Waals surface area contributed by atoms with Crippen molar-refractivity contribution >= 4 is 35.0 Å². The first kappa shape index (κ1) is 26.1. The van der Waals surface area contributed by atoms with Crippen LogP contribution in [0.1, 0.15) is 33.4 Å². The Kier molecular flexibility index (Phi) is 6.93. The lowest BCUT2D eigenvalue weighted by Crippen LogP contribution is -2.38. The number of fused-ring (bicyclic) bond motifs is 1. The van der Waals surface area contributed by atoms with E-state index in [-0.39, 0.29) is 23.8 Å². The maximum atomic E-state index is 14.2. The second kappa shape index (κ2) is 10.3. The van der Waals surface area contributed by atoms with Crippen molar-refractivity contribution in [2.75, 3.05) is 13.7 Å². The highest BCUT2D eigenvalue weighted by atomic mass is 35.5. The molecule has 0 spiro atoms. The Hall–Kier alpha value is -4.50. The van der Waals surface area contributed by atoms with Crippen LogP contribution in [0.15, 0.2) is 85.5 Å². The first-order valence-corrected chi connectivity index (χ1v) is 12.6. The topological polar surface area (TPSA) is 110 Å². The third-order valence-corrected chi connectivity index (χ3v) is 7.56. The van der Waals surface area contributed by atoms with Crippen LogP contribution in [0.2, 0.25) is 5.02 Å². The molecule has 0 N–H and O–H groups in total. The molecule has 3 aromatic rings. The van der Waals surface area contributed by atoms with Crippen molar-refractivity contribution in [2.45, 2.75) is 18.0 Å². The number of halogens is 1. The fraction of sp³-hybridized carbons (Fsp3) is 0.207. The molecule has 5 rings (SSSR count). The molecule has 3 aromatic carbocycles. The average molecular weight is 546 g/mol. The summed E-state index contributed by atoms with van der Waals surface area (Å²) in [6.45, 7) is 3.66. The highest BCUT2D eigenvalue weighted by Gasteiger charge is 2.63. The van der Waals surface area contributed by atoms with Crippen LogP contribution in [0.25, 0.3) is 0 Å². The van der Waals surface area contributed by atoms with Crippen molar-refractivity contribution in [3.8, 4) is 5.75 Å². The van der Waals surface area contributed by atoms with E-state index >= 15 is 0 Å². The molecular weight excluding hydrogens is 522 g/mol. The molecule has 2 heterocycles.